The Balaban J connectivity index is 1.28. The van der Waals surface area contributed by atoms with E-state index in [0.717, 1.165) is 35.9 Å². The number of ether oxygens (including phenoxy) is 2. The Bertz CT molecular complexity index is 1630. The molecule has 0 unspecified atom stereocenters. The van der Waals surface area contributed by atoms with Gasteiger partial charge in [-0.05, 0) is 36.7 Å². The van der Waals surface area contributed by atoms with Crippen LogP contribution in [0.2, 0.25) is 18.1 Å². The number of methoxy groups -OCH3 is 1. The summed E-state index contributed by atoms with van der Waals surface area (Å²) in [5.41, 5.74) is 2.05. The molecule has 6 rings (SSSR count). The van der Waals surface area contributed by atoms with Gasteiger partial charge in [-0.15, -0.1) is 0 Å². The summed E-state index contributed by atoms with van der Waals surface area (Å²) in [5.74, 6) is 1.05. The number of oxazole rings is 1. The van der Waals surface area contributed by atoms with Crippen LogP contribution < -0.4 is 19.9 Å². The number of carbonyl (C=O) groups excluding carboxylic acids is 1. The molecule has 14 heteroatoms. The van der Waals surface area contributed by atoms with Crippen molar-refractivity contribution in [3.05, 3.63) is 36.4 Å². The highest BCUT2D eigenvalue weighted by molar-refractivity contribution is 7.22. The van der Waals surface area contributed by atoms with Crippen molar-refractivity contribution in [3.8, 4) is 17.3 Å². The Kier molecular flexibility index (Phi) is 8.35. The average molecular weight is 638 g/mol. The molecule has 0 radical (unpaired) electrons. The maximum absolute atomic E-state index is 13.5. The predicted octanol–water partition coefficient (Wildman–Crippen LogP) is 5.44. The fraction of sp³-hybridized carbons (Fsp3) is 0.500. The van der Waals surface area contributed by atoms with Crippen molar-refractivity contribution < 1.29 is 23.1 Å². The van der Waals surface area contributed by atoms with Gasteiger partial charge in [-0.2, -0.15) is 4.98 Å². The number of hydrogen-bond acceptors (Lipinski definition) is 12. The third-order valence-corrected chi connectivity index (χ3v) is 14.1. The molecule has 1 amide bonds. The van der Waals surface area contributed by atoms with Gasteiger partial charge >= 0.3 is 0 Å². The molecule has 4 aromatic rings. The number of carbonyl (C=O) groups is 1. The van der Waals surface area contributed by atoms with Gasteiger partial charge in [0.2, 0.25) is 11.8 Å². The Hall–Kier alpha value is -3.59. The molecule has 0 spiro atoms. The van der Waals surface area contributed by atoms with Gasteiger partial charge in [-0.25, -0.2) is 15.0 Å². The number of aromatic nitrogens is 4. The lowest BCUT2D eigenvalue weighted by atomic mass is 10.2. The molecule has 2 fully saturated rings. The minimum Gasteiger partial charge on any atom is -0.481 e. The minimum absolute atomic E-state index is 0.0903. The van der Waals surface area contributed by atoms with Crippen molar-refractivity contribution in [2.45, 2.75) is 51.4 Å². The summed E-state index contributed by atoms with van der Waals surface area (Å²) in [4.78, 5) is 36.4. The minimum atomic E-state index is -1.95. The first kappa shape index (κ1) is 30.4. The van der Waals surface area contributed by atoms with Crippen molar-refractivity contribution >= 4 is 52.5 Å². The van der Waals surface area contributed by atoms with Crippen LogP contribution in [0.4, 0.5) is 16.6 Å². The monoisotopic (exact) mass is 637 g/mol. The molecule has 0 bridgehead atoms. The van der Waals surface area contributed by atoms with Crippen LogP contribution in [-0.4, -0.2) is 86.8 Å². The van der Waals surface area contributed by atoms with Crippen molar-refractivity contribution in [2.75, 3.05) is 61.6 Å². The molecule has 0 aliphatic carbocycles. The maximum Gasteiger partial charge on any atom is 0.277 e. The Morgan fingerprint density at radius 2 is 1.91 bits per heavy atom. The van der Waals surface area contributed by atoms with Crippen LogP contribution in [-0.2, 0) is 9.16 Å². The molecule has 2 aliphatic rings. The zero-order chi connectivity index (χ0) is 31.1. The van der Waals surface area contributed by atoms with E-state index in [1.54, 1.807) is 36.8 Å². The quantitative estimate of drug-likeness (QED) is 0.248. The molecule has 234 valence electrons. The third-order valence-electron chi connectivity index (χ3n) is 8.52. The topological polar surface area (TPSA) is 128 Å². The maximum atomic E-state index is 13.5. The van der Waals surface area contributed by atoms with Crippen molar-refractivity contribution in [2.24, 2.45) is 0 Å². The predicted molar refractivity (Wildman–Crippen MR) is 174 cm³/mol. The SMILES string of the molecule is COc1ccc(-c2nc(C(=O)Nc3cc4sc(N5CCOCC5)nc4nc3N3CC[C@@H](O[Si](C)(C)C(C)(C)C)C3)co2)cn1. The van der Waals surface area contributed by atoms with Gasteiger partial charge in [0.05, 0.1) is 42.4 Å². The molecule has 6 heterocycles. The lowest BCUT2D eigenvalue weighted by Gasteiger charge is -2.38. The van der Waals surface area contributed by atoms with Gasteiger partial charge in [-0.1, -0.05) is 32.1 Å². The summed E-state index contributed by atoms with van der Waals surface area (Å²) in [5, 5.41) is 4.09. The van der Waals surface area contributed by atoms with Gasteiger partial charge < -0.3 is 33.4 Å². The molecular formula is C30H39N7O5SSi. The first-order valence-corrected chi connectivity index (χ1v) is 18.6. The van der Waals surface area contributed by atoms with Crippen LogP contribution in [0.5, 0.6) is 5.88 Å². The summed E-state index contributed by atoms with van der Waals surface area (Å²) in [6.07, 6.45) is 3.92. The Morgan fingerprint density at radius 3 is 2.61 bits per heavy atom. The number of hydrogen-bond donors (Lipinski definition) is 1. The molecule has 44 heavy (non-hydrogen) atoms. The second-order valence-corrected chi connectivity index (χ2v) is 18.4. The molecule has 1 atom stereocenters. The lowest BCUT2D eigenvalue weighted by molar-refractivity contribution is 0.102. The zero-order valence-electron chi connectivity index (χ0n) is 26.0. The highest BCUT2D eigenvalue weighted by Gasteiger charge is 2.41. The van der Waals surface area contributed by atoms with Gasteiger partial charge in [0.1, 0.15) is 6.26 Å². The Morgan fingerprint density at radius 1 is 1.11 bits per heavy atom. The van der Waals surface area contributed by atoms with Gasteiger partial charge in [-0.3, -0.25) is 4.79 Å². The summed E-state index contributed by atoms with van der Waals surface area (Å²) >= 11 is 1.56. The molecular weight excluding hydrogens is 599 g/mol. The van der Waals surface area contributed by atoms with E-state index >= 15 is 0 Å². The Labute approximate surface area is 261 Å². The molecule has 2 aliphatic heterocycles. The summed E-state index contributed by atoms with van der Waals surface area (Å²) in [6, 6.07) is 5.46. The number of nitrogens with zero attached hydrogens (tertiary/aromatic N) is 6. The molecule has 0 aromatic carbocycles. The number of morpholine rings is 1. The highest BCUT2D eigenvalue weighted by Crippen LogP contribution is 2.40. The number of nitrogens with one attached hydrogen (secondary N) is 1. The summed E-state index contributed by atoms with van der Waals surface area (Å²) < 4.78 is 23.9. The molecule has 1 N–H and O–H groups in total. The van der Waals surface area contributed by atoms with E-state index in [1.165, 1.54) is 6.26 Å². The van der Waals surface area contributed by atoms with Crippen LogP contribution in [0.3, 0.4) is 0 Å². The van der Waals surface area contributed by atoms with Gasteiger partial charge in [0.25, 0.3) is 5.91 Å². The van der Waals surface area contributed by atoms with Crippen LogP contribution in [0, 0.1) is 0 Å². The highest BCUT2D eigenvalue weighted by atomic mass is 32.1. The second kappa shape index (κ2) is 12.1. The number of amides is 1. The van der Waals surface area contributed by atoms with Crippen LogP contribution in [0.1, 0.15) is 37.7 Å². The molecule has 4 aromatic heterocycles. The van der Waals surface area contributed by atoms with Crippen molar-refractivity contribution in [1.29, 1.82) is 0 Å². The van der Waals surface area contributed by atoms with E-state index in [4.69, 9.17) is 28.3 Å². The number of pyridine rings is 2. The average Bonchev–Trinajstić information content (AvgIpc) is 3.76. The van der Waals surface area contributed by atoms with E-state index < -0.39 is 14.2 Å². The number of rotatable bonds is 8. The number of thiazole rings is 1. The van der Waals surface area contributed by atoms with E-state index in [0.29, 0.717) is 54.2 Å². The summed E-state index contributed by atoms with van der Waals surface area (Å²) in [7, 11) is -0.397. The van der Waals surface area contributed by atoms with E-state index in [9.17, 15) is 4.79 Å². The van der Waals surface area contributed by atoms with Crippen molar-refractivity contribution in [3.63, 3.8) is 0 Å². The fourth-order valence-electron chi connectivity index (χ4n) is 5.00. The number of fused-ring (bicyclic) bond motifs is 1. The molecule has 2 saturated heterocycles. The molecule has 12 nitrogen and oxygen atoms in total. The van der Waals surface area contributed by atoms with Crippen LogP contribution >= 0.6 is 11.3 Å². The third kappa shape index (κ3) is 6.29. The first-order valence-electron chi connectivity index (χ1n) is 14.8. The van der Waals surface area contributed by atoms with Crippen LogP contribution in [0.15, 0.2) is 35.1 Å². The van der Waals surface area contributed by atoms with Crippen molar-refractivity contribution in [1.82, 2.24) is 19.9 Å². The van der Waals surface area contributed by atoms with E-state index in [1.807, 2.05) is 6.07 Å². The molecule has 0 saturated carbocycles. The van der Waals surface area contributed by atoms with Crippen LogP contribution in [0.25, 0.3) is 21.8 Å². The lowest BCUT2D eigenvalue weighted by Crippen LogP contribution is -2.44. The largest absolute Gasteiger partial charge is 0.481 e. The first-order chi connectivity index (χ1) is 21.0. The smallest absolute Gasteiger partial charge is 0.277 e. The van der Waals surface area contributed by atoms with E-state index in [-0.39, 0.29) is 16.8 Å². The zero-order valence-corrected chi connectivity index (χ0v) is 27.9. The van der Waals surface area contributed by atoms with E-state index in [2.05, 4.69) is 58.9 Å². The standard InChI is InChI=1S/C30H39N7O5SSi/c1-30(2,3)44(5,6)42-20-9-10-37(17-20)26-21(15-23-25(34-26)35-29(43-23)36-11-13-40-14-12-36)32-27(38)22-18-41-28(33-22)19-7-8-24(39-4)31-16-19/h7-8,15-16,18,20H,9-14,17H2,1-6H3,(H,32,38)/t20-/m1/s1. The fourth-order valence-corrected chi connectivity index (χ4v) is 7.38. The van der Waals surface area contributed by atoms with Gasteiger partial charge in [0.15, 0.2) is 30.6 Å². The van der Waals surface area contributed by atoms with Gasteiger partial charge in [0, 0.05) is 38.4 Å². The normalized spacial score (nSPS) is 17.8. The number of anilines is 3. The summed E-state index contributed by atoms with van der Waals surface area (Å²) in [6.45, 7) is 15.7. The second-order valence-electron chi connectivity index (χ2n) is 12.6.